The maximum atomic E-state index is 12.8. The maximum Gasteiger partial charge on any atom is 0.326 e. The van der Waals surface area contributed by atoms with Crippen molar-refractivity contribution in [2.45, 2.75) is 26.3 Å². The van der Waals surface area contributed by atoms with Crippen LogP contribution in [0.15, 0.2) is 42.2 Å². The summed E-state index contributed by atoms with van der Waals surface area (Å²) in [4.78, 5) is 36.2. The van der Waals surface area contributed by atoms with Crippen molar-refractivity contribution in [3.8, 4) is 23.0 Å². The lowest BCUT2D eigenvalue weighted by Gasteiger charge is -2.16. The number of carbonyl (C=O) groups excluding carboxylic acids is 2. The first kappa shape index (κ1) is 24.6. The van der Waals surface area contributed by atoms with E-state index >= 15 is 0 Å². The second-order valence-electron chi connectivity index (χ2n) is 8.08. The number of Topliss-reactive ketones (excluding diaryl/α,β-unsaturated/α-hetero) is 1. The second-order valence-corrected chi connectivity index (χ2v) is 8.08. The van der Waals surface area contributed by atoms with Crippen LogP contribution in [0.3, 0.4) is 0 Å². The molecule has 9 nitrogen and oxygen atoms in total. The summed E-state index contributed by atoms with van der Waals surface area (Å²) >= 11 is 0. The number of allylic oxidation sites excluding steroid dienone is 1. The van der Waals surface area contributed by atoms with Crippen LogP contribution in [0, 0.1) is 5.92 Å². The van der Waals surface area contributed by atoms with Gasteiger partial charge in [-0.25, -0.2) is 4.79 Å². The van der Waals surface area contributed by atoms with Crippen LogP contribution < -0.4 is 24.3 Å². The van der Waals surface area contributed by atoms with Gasteiger partial charge in [0, 0.05) is 17.7 Å². The number of amides is 1. The van der Waals surface area contributed by atoms with Crippen molar-refractivity contribution in [3.05, 3.63) is 53.3 Å². The van der Waals surface area contributed by atoms with E-state index in [-0.39, 0.29) is 24.1 Å². The standard InChI is InChI=1S/C25H27NO8/c1-14(2)9-19(25(29)30)26-23(27)13-33-17-7-8-18-21(12-17)34-22(24(18)28)10-15-5-6-16(31-3)11-20(15)32-4/h5-8,10-12,14,19H,9,13H2,1-4H3,(H,26,27)(H,29,30)/b22-10+/t19-/m1/s1. The van der Waals surface area contributed by atoms with Crippen molar-refractivity contribution in [1.82, 2.24) is 5.32 Å². The molecule has 0 bridgehead atoms. The van der Waals surface area contributed by atoms with Gasteiger partial charge in [0.2, 0.25) is 5.78 Å². The van der Waals surface area contributed by atoms with E-state index in [0.29, 0.717) is 40.5 Å². The summed E-state index contributed by atoms with van der Waals surface area (Å²) in [6.07, 6.45) is 1.89. The Bertz CT molecular complexity index is 1120. The van der Waals surface area contributed by atoms with Gasteiger partial charge in [-0.3, -0.25) is 9.59 Å². The molecule has 0 radical (unpaired) electrons. The van der Waals surface area contributed by atoms with Gasteiger partial charge in [-0.2, -0.15) is 0 Å². The van der Waals surface area contributed by atoms with Gasteiger partial charge in [-0.05, 0) is 42.7 Å². The van der Waals surface area contributed by atoms with Crippen molar-refractivity contribution in [3.63, 3.8) is 0 Å². The summed E-state index contributed by atoms with van der Waals surface area (Å²) < 4.78 is 21.8. The third kappa shape index (κ3) is 5.86. The molecule has 0 fully saturated rings. The smallest absolute Gasteiger partial charge is 0.326 e. The SMILES string of the molecule is COc1ccc(/C=C2/Oc3cc(OCC(=O)N[C@H](CC(C)C)C(=O)O)ccc3C2=O)c(OC)c1. The normalized spacial score (nSPS) is 14.4. The Morgan fingerprint density at radius 3 is 2.47 bits per heavy atom. The summed E-state index contributed by atoms with van der Waals surface area (Å²) in [6, 6.07) is 8.82. The average molecular weight is 469 g/mol. The van der Waals surface area contributed by atoms with E-state index < -0.39 is 17.9 Å². The van der Waals surface area contributed by atoms with Crippen LogP contribution in [0.5, 0.6) is 23.0 Å². The summed E-state index contributed by atoms with van der Waals surface area (Å²) in [7, 11) is 3.07. The Labute approximate surface area is 197 Å². The number of hydrogen-bond donors (Lipinski definition) is 2. The van der Waals surface area contributed by atoms with Gasteiger partial charge in [0.25, 0.3) is 5.91 Å². The molecule has 34 heavy (non-hydrogen) atoms. The molecule has 3 rings (SSSR count). The highest BCUT2D eigenvalue weighted by Gasteiger charge is 2.28. The molecule has 0 saturated heterocycles. The number of aliphatic carboxylic acids is 1. The minimum Gasteiger partial charge on any atom is -0.497 e. The number of ketones is 1. The Morgan fingerprint density at radius 2 is 1.82 bits per heavy atom. The minimum atomic E-state index is -1.10. The van der Waals surface area contributed by atoms with E-state index in [2.05, 4.69) is 5.32 Å². The summed E-state index contributed by atoms with van der Waals surface area (Å²) in [6.45, 7) is 3.37. The first-order valence-corrected chi connectivity index (χ1v) is 10.7. The molecule has 2 N–H and O–H groups in total. The van der Waals surface area contributed by atoms with E-state index in [1.807, 2.05) is 13.8 Å². The molecule has 0 aromatic heterocycles. The molecule has 1 heterocycles. The number of benzene rings is 2. The zero-order valence-electron chi connectivity index (χ0n) is 19.4. The lowest BCUT2D eigenvalue weighted by molar-refractivity contribution is -0.142. The number of nitrogens with one attached hydrogen (secondary N) is 1. The number of ether oxygens (including phenoxy) is 4. The molecule has 1 atom stereocenters. The highest BCUT2D eigenvalue weighted by atomic mass is 16.5. The van der Waals surface area contributed by atoms with Gasteiger partial charge in [0.1, 0.15) is 29.0 Å². The molecule has 0 unspecified atom stereocenters. The molecule has 9 heteroatoms. The highest BCUT2D eigenvalue weighted by molar-refractivity contribution is 6.14. The fourth-order valence-electron chi connectivity index (χ4n) is 3.41. The van der Waals surface area contributed by atoms with Gasteiger partial charge < -0.3 is 29.4 Å². The zero-order chi connectivity index (χ0) is 24.8. The van der Waals surface area contributed by atoms with Gasteiger partial charge in [-0.15, -0.1) is 0 Å². The fourth-order valence-corrected chi connectivity index (χ4v) is 3.41. The van der Waals surface area contributed by atoms with Crippen LogP contribution in [-0.2, 0) is 9.59 Å². The second kappa shape index (κ2) is 10.7. The van der Waals surface area contributed by atoms with Crippen molar-refractivity contribution in [1.29, 1.82) is 0 Å². The van der Waals surface area contributed by atoms with E-state index in [1.54, 1.807) is 43.5 Å². The van der Waals surface area contributed by atoms with Gasteiger partial charge in [-0.1, -0.05) is 13.8 Å². The average Bonchev–Trinajstić information content (AvgIpc) is 3.11. The largest absolute Gasteiger partial charge is 0.497 e. The molecular weight excluding hydrogens is 442 g/mol. The fraction of sp³-hybridized carbons (Fsp3) is 0.320. The molecule has 180 valence electrons. The van der Waals surface area contributed by atoms with E-state index in [9.17, 15) is 19.5 Å². The topological polar surface area (TPSA) is 120 Å². The van der Waals surface area contributed by atoms with Crippen molar-refractivity contribution < 1.29 is 38.4 Å². The molecule has 1 aliphatic rings. The lowest BCUT2D eigenvalue weighted by atomic mass is 10.0. The molecule has 0 spiro atoms. The number of methoxy groups -OCH3 is 2. The highest BCUT2D eigenvalue weighted by Crippen LogP contribution is 2.36. The van der Waals surface area contributed by atoms with Crippen molar-refractivity contribution in [2.24, 2.45) is 5.92 Å². The summed E-state index contributed by atoms with van der Waals surface area (Å²) in [5.41, 5.74) is 1.00. The zero-order valence-corrected chi connectivity index (χ0v) is 19.4. The number of carboxylic acid groups (broad SMARTS) is 1. The Morgan fingerprint density at radius 1 is 1.09 bits per heavy atom. The predicted octanol–water partition coefficient (Wildman–Crippen LogP) is 3.31. The van der Waals surface area contributed by atoms with Crippen LogP contribution in [0.4, 0.5) is 0 Å². The Balaban J connectivity index is 1.68. The Kier molecular flexibility index (Phi) is 7.78. The van der Waals surface area contributed by atoms with E-state index in [1.165, 1.54) is 13.2 Å². The first-order chi connectivity index (χ1) is 16.2. The summed E-state index contributed by atoms with van der Waals surface area (Å²) in [5.74, 6) is 0.00924. The maximum absolute atomic E-state index is 12.8. The molecule has 2 aromatic carbocycles. The quantitative estimate of drug-likeness (QED) is 0.509. The number of rotatable bonds is 10. The van der Waals surface area contributed by atoms with E-state index in [0.717, 1.165) is 0 Å². The molecule has 1 amide bonds. The molecule has 0 saturated carbocycles. The van der Waals surface area contributed by atoms with Gasteiger partial charge >= 0.3 is 5.97 Å². The van der Waals surface area contributed by atoms with Gasteiger partial charge in [0.15, 0.2) is 12.4 Å². The number of carboxylic acids is 1. The van der Waals surface area contributed by atoms with Crippen LogP contribution in [0.1, 0.15) is 36.2 Å². The minimum absolute atomic E-state index is 0.105. The predicted molar refractivity (Wildman–Crippen MR) is 123 cm³/mol. The van der Waals surface area contributed by atoms with Gasteiger partial charge in [0.05, 0.1) is 19.8 Å². The van der Waals surface area contributed by atoms with Crippen molar-refractivity contribution >= 4 is 23.7 Å². The summed E-state index contributed by atoms with van der Waals surface area (Å²) in [5, 5.41) is 11.7. The van der Waals surface area contributed by atoms with Crippen LogP contribution >= 0.6 is 0 Å². The van der Waals surface area contributed by atoms with Crippen molar-refractivity contribution in [2.75, 3.05) is 20.8 Å². The van der Waals surface area contributed by atoms with Crippen LogP contribution in [0.2, 0.25) is 0 Å². The number of hydrogen-bond acceptors (Lipinski definition) is 7. The number of carbonyl (C=O) groups is 3. The first-order valence-electron chi connectivity index (χ1n) is 10.7. The van der Waals surface area contributed by atoms with E-state index in [4.69, 9.17) is 18.9 Å². The molecule has 2 aromatic rings. The monoisotopic (exact) mass is 469 g/mol. The Hall–Kier alpha value is -4.01. The van der Waals surface area contributed by atoms with Crippen LogP contribution in [0.25, 0.3) is 6.08 Å². The third-order valence-electron chi connectivity index (χ3n) is 5.08. The molecule has 1 aliphatic heterocycles. The lowest BCUT2D eigenvalue weighted by Crippen LogP contribution is -2.43. The molecular formula is C25H27NO8. The molecule has 0 aliphatic carbocycles. The third-order valence-corrected chi connectivity index (χ3v) is 5.08. The van der Waals surface area contributed by atoms with Crippen LogP contribution in [-0.4, -0.2) is 49.6 Å². The number of fused-ring (bicyclic) bond motifs is 1.